The molecular weight excluding hydrogens is 344 g/mol. The highest BCUT2D eigenvalue weighted by atomic mass is 16.5. The first kappa shape index (κ1) is 17.1. The number of imidazole rings is 1. The molecule has 3 rings (SSSR count). The summed E-state index contributed by atoms with van der Waals surface area (Å²) in [6.07, 6.45) is 1.34. The van der Waals surface area contributed by atoms with Gasteiger partial charge in [-0.3, -0.25) is 20.0 Å². The van der Waals surface area contributed by atoms with E-state index in [4.69, 9.17) is 5.41 Å². The molecule has 1 aliphatic rings. The molecule has 11 nitrogen and oxygen atoms in total. The number of rotatable bonds is 6. The van der Waals surface area contributed by atoms with Crippen LogP contribution in [0.4, 0.5) is 5.95 Å². The molecule has 0 unspecified atom stereocenters. The lowest BCUT2D eigenvalue weighted by Gasteiger charge is -2.12. The molecule has 2 N–H and O–H groups in total. The molecule has 11 heteroatoms. The number of azo groups is 1. The minimum Gasteiger partial charge on any atom is -0.493 e. The SMILES string of the molecule is CCOC(=O)C(=O)[C@H](C(=O)c1ccccn1)c1nc2n(c1O)C(=N)N=N2. The van der Waals surface area contributed by atoms with Crippen LogP contribution >= 0.6 is 0 Å². The maximum absolute atomic E-state index is 12.8. The first-order chi connectivity index (χ1) is 12.5. The third kappa shape index (κ3) is 2.75. The number of hydrogen-bond donors (Lipinski definition) is 2. The van der Waals surface area contributed by atoms with Crippen LogP contribution in [0.15, 0.2) is 34.6 Å². The molecule has 0 amide bonds. The molecule has 2 aromatic rings. The van der Waals surface area contributed by atoms with Crippen molar-refractivity contribution in [2.75, 3.05) is 6.61 Å². The molecule has 2 aromatic heterocycles. The molecule has 26 heavy (non-hydrogen) atoms. The minimum atomic E-state index is -1.79. The largest absolute Gasteiger partial charge is 0.493 e. The number of hydrogen-bond acceptors (Lipinski definition) is 9. The fourth-order valence-corrected chi connectivity index (χ4v) is 2.35. The zero-order valence-electron chi connectivity index (χ0n) is 13.4. The highest BCUT2D eigenvalue weighted by Crippen LogP contribution is 2.35. The van der Waals surface area contributed by atoms with Crippen LogP contribution in [-0.4, -0.2) is 49.7 Å². The lowest BCUT2D eigenvalue weighted by molar-refractivity contribution is -0.153. The lowest BCUT2D eigenvalue weighted by Crippen LogP contribution is -2.31. The first-order valence-electron chi connectivity index (χ1n) is 7.44. The fraction of sp³-hybridized carbons (Fsp3) is 0.200. The van der Waals surface area contributed by atoms with E-state index in [0.717, 1.165) is 4.57 Å². The van der Waals surface area contributed by atoms with Gasteiger partial charge >= 0.3 is 5.97 Å². The van der Waals surface area contributed by atoms with E-state index in [1.165, 1.54) is 25.3 Å². The van der Waals surface area contributed by atoms with Crippen LogP contribution in [0.25, 0.3) is 0 Å². The van der Waals surface area contributed by atoms with E-state index in [9.17, 15) is 19.5 Å². The predicted molar refractivity (Wildman–Crippen MR) is 84.5 cm³/mol. The summed E-state index contributed by atoms with van der Waals surface area (Å²) in [5, 5.41) is 24.9. The van der Waals surface area contributed by atoms with Gasteiger partial charge in [0.15, 0.2) is 5.78 Å². The minimum absolute atomic E-state index is 0.0698. The van der Waals surface area contributed by atoms with Gasteiger partial charge in [0, 0.05) is 6.20 Å². The second kappa shape index (κ2) is 6.63. The number of pyridine rings is 1. The Balaban J connectivity index is 2.10. The van der Waals surface area contributed by atoms with Crippen molar-refractivity contribution < 1.29 is 24.2 Å². The molecule has 0 saturated heterocycles. The third-order valence-electron chi connectivity index (χ3n) is 3.50. The topological polar surface area (TPSA) is 160 Å². The van der Waals surface area contributed by atoms with E-state index in [0.29, 0.717) is 0 Å². The van der Waals surface area contributed by atoms with Crippen LogP contribution in [0.2, 0.25) is 0 Å². The van der Waals surface area contributed by atoms with Gasteiger partial charge in [0.1, 0.15) is 17.3 Å². The van der Waals surface area contributed by atoms with E-state index in [1.807, 2.05) is 0 Å². The summed E-state index contributed by atoms with van der Waals surface area (Å²) in [6.45, 7) is 1.44. The Kier molecular flexibility index (Phi) is 4.35. The highest BCUT2D eigenvalue weighted by molar-refractivity contribution is 6.41. The quantitative estimate of drug-likeness (QED) is 0.337. The summed E-state index contributed by atoms with van der Waals surface area (Å²) in [6, 6.07) is 4.46. The monoisotopic (exact) mass is 356 g/mol. The Bertz CT molecular complexity index is 949. The molecule has 3 heterocycles. The first-order valence-corrected chi connectivity index (χ1v) is 7.44. The normalized spacial score (nSPS) is 13.3. The number of Topliss-reactive ketones (excluding diaryl/α,β-unsaturated/α-hetero) is 2. The number of ketones is 2. The van der Waals surface area contributed by atoms with Gasteiger partial charge in [-0.25, -0.2) is 14.3 Å². The van der Waals surface area contributed by atoms with E-state index in [-0.39, 0.29) is 18.2 Å². The zero-order chi connectivity index (χ0) is 18.8. The second-order valence-corrected chi connectivity index (χ2v) is 5.08. The van der Waals surface area contributed by atoms with Crippen LogP contribution in [0.5, 0.6) is 5.88 Å². The molecule has 1 aliphatic heterocycles. The number of fused-ring (bicyclic) bond motifs is 1. The fourth-order valence-electron chi connectivity index (χ4n) is 2.35. The molecule has 0 fully saturated rings. The average Bonchev–Trinajstić information content (AvgIpc) is 3.16. The molecule has 0 aromatic carbocycles. The van der Waals surface area contributed by atoms with Crippen LogP contribution in [-0.2, 0) is 14.3 Å². The maximum atomic E-state index is 12.8. The van der Waals surface area contributed by atoms with Gasteiger partial charge in [-0.2, -0.15) is 0 Å². The summed E-state index contributed by atoms with van der Waals surface area (Å²) in [4.78, 5) is 45.0. The summed E-state index contributed by atoms with van der Waals surface area (Å²) < 4.78 is 5.51. The number of ether oxygens (including phenoxy) is 1. The lowest BCUT2D eigenvalue weighted by atomic mass is 9.93. The number of aromatic nitrogens is 3. The van der Waals surface area contributed by atoms with Crippen molar-refractivity contribution in [1.82, 2.24) is 14.5 Å². The van der Waals surface area contributed by atoms with Crippen molar-refractivity contribution in [2.24, 2.45) is 10.2 Å². The van der Waals surface area contributed by atoms with E-state index >= 15 is 0 Å². The summed E-state index contributed by atoms with van der Waals surface area (Å²) >= 11 is 0. The number of carbonyl (C=O) groups is 3. The Hall–Kier alpha value is -3.76. The second-order valence-electron chi connectivity index (χ2n) is 5.08. The van der Waals surface area contributed by atoms with Crippen molar-refractivity contribution in [1.29, 1.82) is 5.41 Å². The van der Waals surface area contributed by atoms with Crippen LogP contribution in [0.3, 0.4) is 0 Å². The molecular formula is C15H12N6O5. The van der Waals surface area contributed by atoms with Crippen molar-refractivity contribution in [2.45, 2.75) is 12.8 Å². The van der Waals surface area contributed by atoms with Gasteiger partial charge in [-0.05, 0) is 19.1 Å². The van der Waals surface area contributed by atoms with Crippen LogP contribution in [0, 0.1) is 5.41 Å². The molecule has 0 aliphatic carbocycles. The highest BCUT2D eigenvalue weighted by Gasteiger charge is 2.41. The van der Waals surface area contributed by atoms with Crippen LogP contribution < -0.4 is 0 Å². The van der Waals surface area contributed by atoms with Crippen molar-refractivity contribution in [3.8, 4) is 5.88 Å². The summed E-state index contributed by atoms with van der Waals surface area (Å²) in [5.41, 5.74) is -0.517. The Morgan fingerprint density at radius 3 is 2.69 bits per heavy atom. The number of nitrogens with one attached hydrogen (secondary N) is 1. The van der Waals surface area contributed by atoms with Crippen LogP contribution in [0.1, 0.15) is 29.0 Å². The van der Waals surface area contributed by atoms with E-state index in [2.05, 4.69) is 24.9 Å². The van der Waals surface area contributed by atoms with Gasteiger partial charge in [-0.15, -0.1) is 10.2 Å². The molecule has 0 bridgehead atoms. The molecule has 0 saturated carbocycles. The number of carbonyl (C=O) groups excluding carboxylic acids is 3. The number of aromatic hydroxyl groups is 1. The number of esters is 1. The standard InChI is InChI=1S/C15H12N6O5/c1-2-26-13(25)11(23)8(10(22)7-5-3-4-6-17-7)9-12(24)21-14(16)19-20-15(21)18-9/h3-6,8,16,24H,2H2,1H3/t8-/m0/s1. The molecule has 132 valence electrons. The van der Waals surface area contributed by atoms with Crippen molar-refractivity contribution in [3.05, 3.63) is 35.8 Å². The third-order valence-corrected chi connectivity index (χ3v) is 3.50. The summed E-state index contributed by atoms with van der Waals surface area (Å²) in [5.74, 6) is -6.39. The molecule has 1 atom stereocenters. The molecule has 0 spiro atoms. The molecule has 0 radical (unpaired) electrons. The summed E-state index contributed by atoms with van der Waals surface area (Å²) in [7, 11) is 0. The van der Waals surface area contributed by atoms with Gasteiger partial charge < -0.3 is 9.84 Å². The van der Waals surface area contributed by atoms with Gasteiger partial charge in [-0.1, -0.05) is 6.07 Å². The van der Waals surface area contributed by atoms with Crippen molar-refractivity contribution in [3.63, 3.8) is 0 Å². The number of nitrogens with zero attached hydrogens (tertiary/aromatic N) is 5. The van der Waals surface area contributed by atoms with Gasteiger partial charge in [0.2, 0.25) is 5.88 Å². The van der Waals surface area contributed by atoms with E-state index in [1.54, 1.807) is 6.07 Å². The smallest absolute Gasteiger partial charge is 0.375 e. The maximum Gasteiger partial charge on any atom is 0.375 e. The predicted octanol–water partition coefficient (Wildman–Crippen LogP) is 0.963. The average molecular weight is 356 g/mol. The van der Waals surface area contributed by atoms with Gasteiger partial charge in [0.25, 0.3) is 17.7 Å². The Morgan fingerprint density at radius 1 is 1.31 bits per heavy atom. The Labute approximate surface area is 145 Å². The van der Waals surface area contributed by atoms with Gasteiger partial charge in [0.05, 0.1) is 6.61 Å². The van der Waals surface area contributed by atoms with Crippen molar-refractivity contribution >= 4 is 29.4 Å². The Morgan fingerprint density at radius 2 is 2.08 bits per heavy atom. The zero-order valence-corrected chi connectivity index (χ0v) is 13.4. The van der Waals surface area contributed by atoms with E-state index < -0.39 is 41.0 Å².